The maximum Gasteiger partial charge on any atom is 0.276 e. The number of carbonyl (C=O) groups is 1. The van der Waals surface area contributed by atoms with E-state index in [1.54, 1.807) is 23.7 Å². The predicted molar refractivity (Wildman–Crippen MR) is 115 cm³/mol. The fraction of sp³-hybridized carbons (Fsp3) is 0.0952. The molecule has 0 atom stereocenters. The van der Waals surface area contributed by atoms with Crippen LogP contribution in [0.5, 0.6) is 0 Å². The van der Waals surface area contributed by atoms with Crippen molar-refractivity contribution in [2.24, 2.45) is 0 Å². The van der Waals surface area contributed by atoms with Crippen molar-refractivity contribution in [1.82, 2.24) is 19.6 Å². The van der Waals surface area contributed by atoms with Gasteiger partial charge in [-0.05, 0) is 42.6 Å². The van der Waals surface area contributed by atoms with E-state index in [0.29, 0.717) is 15.8 Å². The van der Waals surface area contributed by atoms with Gasteiger partial charge in [0.1, 0.15) is 11.4 Å². The normalized spacial score (nSPS) is 15.8. The number of halogens is 1. The highest BCUT2D eigenvalue weighted by atomic mass is 35.5. The molecule has 0 saturated carbocycles. The Morgan fingerprint density at radius 2 is 1.68 bits per heavy atom. The SMILES string of the molecule is CN1C(=O)/C(=C/c2cn(-c3ccccc3)nc2-c2ccc(Cl)cc2)N(C)C1=S. The molecule has 1 saturated heterocycles. The summed E-state index contributed by atoms with van der Waals surface area (Å²) in [6, 6.07) is 17.3. The van der Waals surface area contributed by atoms with E-state index in [1.165, 1.54) is 4.90 Å². The van der Waals surface area contributed by atoms with Crippen LogP contribution in [0.2, 0.25) is 5.02 Å². The number of thiocarbonyl (C=S) groups is 1. The van der Waals surface area contributed by atoms with Gasteiger partial charge >= 0.3 is 0 Å². The molecular formula is C21H17ClN4OS. The molecular weight excluding hydrogens is 392 g/mol. The number of likely N-dealkylation sites (N-methyl/N-ethyl adjacent to an activating group) is 2. The molecule has 4 rings (SSSR count). The van der Waals surface area contributed by atoms with Crippen LogP contribution in [0.25, 0.3) is 23.0 Å². The number of amides is 1. The first-order valence-corrected chi connectivity index (χ1v) is 9.43. The van der Waals surface area contributed by atoms with Crippen LogP contribution >= 0.6 is 23.8 Å². The van der Waals surface area contributed by atoms with Crippen molar-refractivity contribution in [2.75, 3.05) is 14.1 Å². The molecule has 7 heteroatoms. The van der Waals surface area contributed by atoms with Gasteiger partial charge in [0.25, 0.3) is 5.91 Å². The van der Waals surface area contributed by atoms with E-state index in [1.807, 2.05) is 66.9 Å². The molecule has 2 heterocycles. The zero-order valence-electron chi connectivity index (χ0n) is 15.3. The van der Waals surface area contributed by atoms with E-state index in [9.17, 15) is 4.79 Å². The third-order valence-electron chi connectivity index (χ3n) is 4.63. The van der Waals surface area contributed by atoms with Gasteiger partial charge in [-0.1, -0.05) is 41.9 Å². The molecule has 3 aromatic rings. The Bertz CT molecular complexity index is 1090. The largest absolute Gasteiger partial charge is 0.317 e. The second kappa shape index (κ2) is 7.22. The minimum Gasteiger partial charge on any atom is -0.317 e. The Hall–Kier alpha value is -2.96. The molecule has 1 aliphatic rings. The Morgan fingerprint density at radius 3 is 2.29 bits per heavy atom. The van der Waals surface area contributed by atoms with Crippen molar-refractivity contribution < 1.29 is 4.79 Å². The fourth-order valence-electron chi connectivity index (χ4n) is 3.07. The number of hydrogen-bond acceptors (Lipinski definition) is 3. The molecule has 0 bridgehead atoms. The molecule has 2 aromatic carbocycles. The highest BCUT2D eigenvalue weighted by Gasteiger charge is 2.33. The van der Waals surface area contributed by atoms with Crippen molar-refractivity contribution in [2.45, 2.75) is 0 Å². The highest BCUT2D eigenvalue weighted by molar-refractivity contribution is 7.80. The van der Waals surface area contributed by atoms with E-state index in [2.05, 4.69) is 0 Å². The molecule has 0 spiro atoms. The number of hydrogen-bond donors (Lipinski definition) is 0. The molecule has 140 valence electrons. The summed E-state index contributed by atoms with van der Waals surface area (Å²) in [6.45, 7) is 0. The summed E-state index contributed by atoms with van der Waals surface area (Å²) in [6.07, 6.45) is 3.74. The number of benzene rings is 2. The van der Waals surface area contributed by atoms with Crippen molar-refractivity contribution in [3.8, 4) is 16.9 Å². The van der Waals surface area contributed by atoms with Crippen LogP contribution < -0.4 is 0 Å². The van der Waals surface area contributed by atoms with Crippen molar-refractivity contribution >= 4 is 40.9 Å². The van der Waals surface area contributed by atoms with Gasteiger partial charge in [0.15, 0.2) is 5.11 Å². The van der Waals surface area contributed by atoms with Gasteiger partial charge in [-0.15, -0.1) is 0 Å². The lowest BCUT2D eigenvalue weighted by atomic mass is 10.1. The molecule has 0 radical (unpaired) electrons. The van der Waals surface area contributed by atoms with Crippen molar-refractivity contribution in [3.05, 3.63) is 77.1 Å². The van der Waals surface area contributed by atoms with Crippen LogP contribution in [-0.2, 0) is 4.79 Å². The topological polar surface area (TPSA) is 41.4 Å². The van der Waals surface area contributed by atoms with Gasteiger partial charge in [-0.3, -0.25) is 9.69 Å². The number of carbonyl (C=O) groups excluding carboxylic acids is 1. The van der Waals surface area contributed by atoms with E-state index in [-0.39, 0.29) is 5.91 Å². The van der Waals surface area contributed by atoms with E-state index < -0.39 is 0 Å². The quantitative estimate of drug-likeness (QED) is 0.480. The standard InChI is InChI=1S/C21H17ClN4OS/c1-24-18(20(27)25(2)21(24)28)12-15-13-26(17-6-4-3-5-7-17)23-19(15)14-8-10-16(22)11-9-14/h3-13H,1-2H3/b18-12-. The summed E-state index contributed by atoms with van der Waals surface area (Å²) in [7, 11) is 3.47. The number of aromatic nitrogens is 2. The van der Waals surface area contributed by atoms with Crippen LogP contribution in [0.3, 0.4) is 0 Å². The maximum absolute atomic E-state index is 12.6. The lowest BCUT2D eigenvalue weighted by molar-refractivity contribution is -0.121. The average molecular weight is 409 g/mol. The second-order valence-corrected chi connectivity index (χ2v) is 7.26. The van der Waals surface area contributed by atoms with Gasteiger partial charge < -0.3 is 4.90 Å². The first-order valence-electron chi connectivity index (χ1n) is 8.64. The molecule has 0 unspecified atom stereocenters. The lowest BCUT2D eigenvalue weighted by Gasteiger charge is -2.11. The highest BCUT2D eigenvalue weighted by Crippen LogP contribution is 2.29. The Labute approximate surface area is 173 Å². The molecule has 5 nitrogen and oxygen atoms in total. The molecule has 0 aliphatic carbocycles. The summed E-state index contributed by atoms with van der Waals surface area (Å²) >= 11 is 11.4. The summed E-state index contributed by atoms with van der Waals surface area (Å²) in [5.41, 5.74) is 3.93. The maximum atomic E-state index is 12.6. The van der Waals surface area contributed by atoms with Crippen LogP contribution in [0.1, 0.15) is 5.56 Å². The fourth-order valence-corrected chi connectivity index (χ4v) is 3.38. The molecule has 28 heavy (non-hydrogen) atoms. The van der Waals surface area contributed by atoms with Crippen LogP contribution in [0.4, 0.5) is 0 Å². The third-order valence-corrected chi connectivity index (χ3v) is 5.43. The second-order valence-electron chi connectivity index (χ2n) is 6.46. The summed E-state index contributed by atoms with van der Waals surface area (Å²) in [4.78, 5) is 15.8. The first kappa shape index (κ1) is 18.4. The Kier molecular flexibility index (Phi) is 4.75. The van der Waals surface area contributed by atoms with Gasteiger partial charge in [0.05, 0.1) is 5.69 Å². The molecule has 1 aliphatic heterocycles. The third kappa shape index (κ3) is 3.21. The lowest BCUT2D eigenvalue weighted by Crippen LogP contribution is -2.26. The average Bonchev–Trinajstić information content (AvgIpc) is 3.21. The Morgan fingerprint density at radius 1 is 1.00 bits per heavy atom. The van der Waals surface area contributed by atoms with Crippen LogP contribution in [0, 0.1) is 0 Å². The molecule has 0 N–H and O–H groups in total. The minimum absolute atomic E-state index is 0.137. The smallest absolute Gasteiger partial charge is 0.276 e. The van der Waals surface area contributed by atoms with Gasteiger partial charge in [0, 0.05) is 36.4 Å². The zero-order valence-corrected chi connectivity index (χ0v) is 16.9. The van der Waals surface area contributed by atoms with E-state index >= 15 is 0 Å². The number of para-hydroxylation sites is 1. The zero-order chi connectivity index (χ0) is 19.8. The molecule has 1 aromatic heterocycles. The summed E-state index contributed by atoms with van der Waals surface area (Å²) in [5, 5.41) is 5.89. The van der Waals surface area contributed by atoms with Gasteiger partial charge in [-0.2, -0.15) is 5.10 Å². The predicted octanol–water partition coefficient (Wildman–Crippen LogP) is 4.22. The van der Waals surface area contributed by atoms with Crippen molar-refractivity contribution in [3.63, 3.8) is 0 Å². The minimum atomic E-state index is -0.137. The monoisotopic (exact) mass is 408 g/mol. The van der Waals surface area contributed by atoms with E-state index in [4.69, 9.17) is 28.9 Å². The molecule has 1 fully saturated rings. The summed E-state index contributed by atoms with van der Waals surface area (Å²) in [5.74, 6) is -0.137. The molecule has 1 amide bonds. The summed E-state index contributed by atoms with van der Waals surface area (Å²) < 4.78 is 1.80. The van der Waals surface area contributed by atoms with E-state index in [0.717, 1.165) is 22.5 Å². The van der Waals surface area contributed by atoms with Gasteiger partial charge in [0.2, 0.25) is 0 Å². The number of nitrogens with zero attached hydrogens (tertiary/aromatic N) is 4. The van der Waals surface area contributed by atoms with Crippen molar-refractivity contribution in [1.29, 1.82) is 0 Å². The van der Waals surface area contributed by atoms with Gasteiger partial charge in [-0.25, -0.2) is 4.68 Å². The Balaban J connectivity index is 1.87. The van der Waals surface area contributed by atoms with Crippen LogP contribution in [-0.4, -0.2) is 44.7 Å². The van der Waals surface area contributed by atoms with Crippen LogP contribution in [0.15, 0.2) is 66.5 Å². The first-order chi connectivity index (χ1) is 13.5. The number of rotatable bonds is 3.